The van der Waals surface area contributed by atoms with Crippen LogP contribution in [0, 0.1) is 0 Å². The van der Waals surface area contributed by atoms with Crippen molar-refractivity contribution in [2.45, 2.75) is 20.0 Å². The van der Waals surface area contributed by atoms with Crippen molar-refractivity contribution in [1.82, 2.24) is 9.80 Å². The first kappa shape index (κ1) is 19.6. The van der Waals surface area contributed by atoms with Crippen molar-refractivity contribution in [2.24, 2.45) is 0 Å². The predicted octanol–water partition coefficient (Wildman–Crippen LogP) is 0.731. The third kappa shape index (κ3) is 4.54. The highest BCUT2D eigenvalue weighted by molar-refractivity contribution is 8.14. The lowest BCUT2D eigenvalue weighted by Gasteiger charge is -2.21. The predicted molar refractivity (Wildman–Crippen MR) is 86.9 cm³/mol. The number of carbonyl (C=O) groups excluding carboxylic acids is 5. The fourth-order valence-electron chi connectivity index (χ4n) is 1.65. The van der Waals surface area contributed by atoms with Gasteiger partial charge in [-0.05, 0) is 19.4 Å². The molecule has 0 aliphatic carbocycles. The average molecular weight is 354 g/mol. The van der Waals surface area contributed by atoms with Crippen LogP contribution in [0.1, 0.15) is 13.8 Å². The van der Waals surface area contributed by atoms with E-state index in [1.165, 1.54) is 20.9 Å². The highest BCUT2D eigenvalue weighted by atomic mass is 32.2. The molecule has 0 saturated carbocycles. The van der Waals surface area contributed by atoms with Crippen molar-refractivity contribution in [3.8, 4) is 0 Å². The molecular formula is C15H18N2O6S. The molecule has 9 heteroatoms. The van der Waals surface area contributed by atoms with Crippen LogP contribution >= 0.6 is 11.8 Å². The van der Waals surface area contributed by atoms with Crippen LogP contribution in [0.25, 0.3) is 0 Å². The SMILES string of the molecule is C=C(C)C(=O)OC(CSC(=O)C(=C)C)CN1C(=O)C(=O)N(C)C1=O. The Balaban J connectivity index is 2.86. The van der Waals surface area contributed by atoms with Gasteiger partial charge in [0.25, 0.3) is 0 Å². The highest BCUT2D eigenvalue weighted by Crippen LogP contribution is 2.17. The largest absolute Gasteiger partial charge is 0.456 e. The number of thioether (sulfide) groups is 1. The topological polar surface area (TPSA) is 101 Å². The summed E-state index contributed by atoms with van der Waals surface area (Å²) in [4.78, 5) is 59.9. The van der Waals surface area contributed by atoms with E-state index in [4.69, 9.17) is 4.74 Å². The molecule has 1 atom stereocenters. The lowest BCUT2D eigenvalue weighted by atomic mass is 10.3. The third-order valence-electron chi connectivity index (χ3n) is 3.01. The van der Waals surface area contributed by atoms with E-state index in [0.717, 1.165) is 11.8 Å². The molecule has 0 bridgehead atoms. The van der Waals surface area contributed by atoms with Crippen LogP contribution < -0.4 is 0 Å². The quantitative estimate of drug-likeness (QED) is 0.287. The van der Waals surface area contributed by atoms with E-state index in [2.05, 4.69) is 13.2 Å². The maximum absolute atomic E-state index is 11.9. The van der Waals surface area contributed by atoms with Crippen LogP contribution in [0.3, 0.4) is 0 Å². The molecule has 24 heavy (non-hydrogen) atoms. The lowest BCUT2D eigenvalue weighted by molar-refractivity contribution is -0.147. The molecule has 1 unspecified atom stereocenters. The van der Waals surface area contributed by atoms with Gasteiger partial charge in [0.05, 0.1) is 6.54 Å². The fraction of sp³-hybridized carbons (Fsp3) is 0.400. The van der Waals surface area contributed by atoms with Crippen molar-refractivity contribution in [2.75, 3.05) is 19.3 Å². The zero-order valence-electron chi connectivity index (χ0n) is 13.7. The van der Waals surface area contributed by atoms with Crippen LogP contribution in [0.5, 0.6) is 0 Å². The molecule has 0 spiro atoms. The van der Waals surface area contributed by atoms with Crippen molar-refractivity contribution < 1.29 is 28.7 Å². The van der Waals surface area contributed by atoms with Crippen LogP contribution in [-0.2, 0) is 23.9 Å². The number of ether oxygens (including phenoxy) is 1. The standard InChI is InChI=1S/C15H18N2O6S/c1-8(2)13(20)23-10(7-24-14(21)9(3)4)6-17-12(19)11(18)16(5)15(17)22/h10H,1,3,6-7H2,2,4-5H3. The molecule has 1 aliphatic heterocycles. The molecule has 1 saturated heterocycles. The Kier molecular flexibility index (Phi) is 6.47. The van der Waals surface area contributed by atoms with E-state index >= 15 is 0 Å². The number of carbonyl (C=O) groups is 5. The molecular weight excluding hydrogens is 336 g/mol. The van der Waals surface area contributed by atoms with E-state index in [0.29, 0.717) is 15.4 Å². The minimum absolute atomic E-state index is 0.000319. The summed E-state index contributed by atoms with van der Waals surface area (Å²) in [5.74, 6) is -2.69. The van der Waals surface area contributed by atoms with Crippen molar-refractivity contribution in [3.05, 3.63) is 24.3 Å². The normalized spacial score (nSPS) is 15.5. The number of likely N-dealkylation sites (N-methyl/N-ethyl adjacent to an activating group) is 1. The van der Waals surface area contributed by atoms with Gasteiger partial charge in [-0.2, -0.15) is 0 Å². The first-order chi connectivity index (χ1) is 11.1. The number of imide groups is 2. The zero-order valence-corrected chi connectivity index (χ0v) is 14.5. The van der Waals surface area contributed by atoms with Crippen molar-refractivity contribution in [1.29, 1.82) is 0 Å². The number of nitrogens with zero attached hydrogens (tertiary/aromatic N) is 2. The molecule has 8 nitrogen and oxygen atoms in total. The molecule has 1 rings (SSSR count). The Morgan fingerprint density at radius 3 is 2.12 bits per heavy atom. The monoisotopic (exact) mass is 354 g/mol. The highest BCUT2D eigenvalue weighted by Gasteiger charge is 2.43. The maximum atomic E-state index is 11.9. The summed E-state index contributed by atoms with van der Waals surface area (Å²) in [6.07, 6.45) is -0.963. The number of esters is 1. The molecule has 1 fully saturated rings. The third-order valence-corrected chi connectivity index (χ3v) is 4.16. The van der Waals surface area contributed by atoms with Crippen molar-refractivity contribution in [3.63, 3.8) is 0 Å². The van der Waals surface area contributed by atoms with Gasteiger partial charge < -0.3 is 4.74 Å². The molecule has 1 heterocycles. The molecule has 0 N–H and O–H groups in total. The molecule has 1 aliphatic rings. The van der Waals surface area contributed by atoms with Crippen LogP contribution in [0.15, 0.2) is 24.3 Å². The summed E-state index contributed by atoms with van der Waals surface area (Å²) in [6.45, 7) is 9.59. The van der Waals surface area contributed by atoms with Crippen LogP contribution in [0.2, 0.25) is 0 Å². The van der Waals surface area contributed by atoms with Gasteiger partial charge in [-0.25, -0.2) is 9.59 Å². The minimum atomic E-state index is -1.00. The smallest absolute Gasteiger partial charge is 0.334 e. The van der Waals surface area contributed by atoms with Gasteiger partial charge in [-0.3, -0.25) is 24.2 Å². The first-order valence-electron chi connectivity index (χ1n) is 6.88. The Morgan fingerprint density at radius 2 is 1.71 bits per heavy atom. The molecule has 0 aromatic rings. The number of urea groups is 1. The summed E-state index contributed by atoms with van der Waals surface area (Å²) in [5.41, 5.74) is 0.441. The van der Waals surface area contributed by atoms with E-state index in [9.17, 15) is 24.0 Å². The maximum Gasteiger partial charge on any atom is 0.334 e. The van der Waals surface area contributed by atoms with E-state index in [-0.39, 0.29) is 23.0 Å². The number of hydrogen-bond donors (Lipinski definition) is 0. The van der Waals surface area contributed by atoms with E-state index in [1.807, 2.05) is 0 Å². The minimum Gasteiger partial charge on any atom is -0.456 e. The molecule has 0 radical (unpaired) electrons. The molecule has 0 aromatic carbocycles. The Bertz CT molecular complexity index is 642. The van der Waals surface area contributed by atoms with Gasteiger partial charge in [0.15, 0.2) is 0 Å². The van der Waals surface area contributed by atoms with Gasteiger partial charge >= 0.3 is 23.8 Å². The Morgan fingerprint density at radius 1 is 1.12 bits per heavy atom. The Labute approximate surface area is 143 Å². The van der Waals surface area contributed by atoms with Gasteiger partial charge in [-0.1, -0.05) is 24.9 Å². The molecule has 4 amide bonds. The average Bonchev–Trinajstić information content (AvgIpc) is 2.69. The zero-order chi connectivity index (χ0) is 18.6. The molecule has 130 valence electrons. The first-order valence-corrected chi connectivity index (χ1v) is 7.87. The van der Waals surface area contributed by atoms with Crippen LogP contribution in [0.4, 0.5) is 4.79 Å². The molecule has 0 aromatic heterocycles. The van der Waals surface area contributed by atoms with Gasteiger partial charge in [-0.15, -0.1) is 0 Å². The summed E-state index contributed by atoms with van der Waals surface area (Å²) in [6, 6.07) is -0.808. The second kappa shape index (κ2) is 7.91. The fourth-order valence-corrected chi connectivity index (χ4v) is 2.40. The number of amides is 4. The van der Waals surface area contributed by atoms with Crippen LogP contribution in [-0.4, -0.2) is 64.2 Å². The summed E-state index contributed by atoms with van der Waals surface area (Å²) < 4.78 is 5.15. The van der Waals surface area contributed by atoms with Gasteiger partial charge in [0.2, 0.25) is 5.12 Å². The summed E-state index contributed by atoms with van der Waals surface area (Å²) in [7, 11) is 1.18. The second-order valence-corrected chi connectivity index (χ2v) is 6.24. The van der Waals surface area contributed by atoms with Gasteiger partial charge in [0, 0.05) is 18.4 Å². The van der Waals surface area contributed by atoms with E-state index in [1.54, 1.807) is 0 Å². The summed E-state index contributed by atoms with van der Waals surface area (Å²) >= 11 is 0.841. The Hall–Kier alpha value is -2.42. The second-order valence-electron chi connectivity index (χ2n) is 5.25. The van der Waals surface area contributed by atoms with E-state index < -0.39 is 29.9 Å². The van der Waals surface area contributed by atoms with Crippen molar-refractivity contribution >= 4 is 40.7 Å². The number of rotatable bonds is 7. The lowest BCUT2D eigenvalue weighted by Crippen LogP contribution is -2.41. The van der Waals surface area contributed by atoms with Gasteiger partial charge in [0.1, 0.15) is 6.10 Å². The summed E-state index contributed by atoms with van der Waals surface area (Å²) in [5, 5.41) is -0.307. The number of hydrogen-bond acceptors (Lipinski definition) is 7.